The van der Waals surface area contributed by atoms with Crippen molar-refractivity contribution < 1.29 is 4.74 Å². The second-order valence-electron chi connectivity index (χ2n) is 2.84. The third-order valence-corrected chi connectivity index (χ3v) is 1.91. The number of nitrogens with zero attached hydrogens (tertiary/aromatic N) is 4. The van der Waals surface area contributed by atoms with Crippen molar-refractivity contribution in [3.63, 3.8) is 0 Å². The van der Waals surface area contributed by atoms with Crippen LogP contribution in [0.25, 0.3) is 5.82 Å². The predicted octanol–water partition coefficient (Wildman–Crippen LogP) is 0.130. The molecule has 78 valence electrons. The topological polar surface area (TPSA) is 78.8 Å². The lowest BCUT2D eigenvalue weighted by molar-refractivity contribution is 0.409. The van der Waals surface area contributed by atoms with Crippen LogP contribution >= 0.6 is 0 Å². The van der Waals surface area contributed by atoms with Crippen molar-refractivity contribution in [3.05, 3.63) is 30.5 Å². The van der Waals surface area contributed by atoms with Gasteiger partial charge in [-0.3, -0.25) is 0 Å². The molecule has 0 radical (unpaired) electrons. The molecule has 0 bridgehead atoms. The number of hydrogen-bond donors (Lipinski definition) is 1. The Labute approximate surface area is 86.7 Å². The van der Waals surface area contributed by atoms with Gasteiger partial charge in [-0.15, -0.1) is 5.10 Å². The molecule has 6 nitrogen and oxygen atoms in total. The second-order valence-corrected chi connectivity index (χ2v) is 2.84. The van der Waals surface area contributed by atoms with Crippen LogP contribution in [0.15, 0.2) is 24.7 Å². The Morgan fingerprint density at radius 2 is 2.33 bits per heavy atom. The zero-order valence-corrected chi connectivity index (χ0v) is 8.29. The van der Waals surface area contributed by atoms with Gasteiger partial charge in [0, 0.05) is 6.20 Å². The van der Waals surface area contributed by atoms with E-state index in [9.17, 15) is 0 Å². The summed E-state index contributed by atoms with van der Waals surface area (Å²) in [5, 5.41) is 4.15. The summed E-state index contributed by atoms with van der Waals surface area (Å²) in [4.78, 5) is 8.18. The van der Waals surface area contributed by atoms with Gasteiger partial charge in [0.05, 0.1) is 13.7 Å². The molecule has 0 aliphatic rings. The van der Waals surface area contributed by atoms with Crippen LogP contribution in [0.4, 0.5) is 0 Å². The summed E-state index contributed by atoms with van der Waals surface area (Å²) in [6.45, 7) is 0.308. The van der Waals surface area contributed by atoms with Gasteiger partial charge in [0.15, 0.2) is 17.4 Å². The molecule has 0 aromatic carbocycles. The predicted molar refractivity (Wildman–Crippen MR) is 53.6 cm³/mol. The standard InChI is InChI=1S/C9H11N5O/c1-15-7-3-2-4-11-9(7)14-6-12-8(5-10)13-14/h2-4,6H,5,10H2,1H3. The normalized spacial score (nSPS) is 10.3. The minimum absolute atomic E-state index is 0.308. The molecule has 2 rings (SSSR count). The molecular weight excluding hydrogens is 194 g/mol. The van der Waals surface area contributed by atoms with Gasteiger partial charge >= 0.3 is 0 Å². The van der Waals surface area contributed by atoms with E-state index in [4.69, 9.17) is 10.5 Å². The van der Waals surface area contributed by atoms with Gasteiger partial charge in [-0.05, 0) is 12.1 Å². The minimum atomic E-state index is 0.308. The molecule has 2 aromatic heterocycles. The molecule has 2 N–H and O–H groups in total. The first-order valence-corrected chi connectivity index (χ1v) is 4.45. The van der Waals surface area contributed by atoms with E-state index in [1.807, 2.05) is 6.07 Å². The third kappa shape index (κ3) is 1.79. The van der Waals surface area contributed by atoms with Gasteiger partial charge < -0.3 is 10.5 Å². The van der Waals surface area contributed by atoms with E-state index in [1.54, 1.807) is 30.4 Å². The Bertz CT molecular complexity index is 453. The van der Waals surface area contributed by atoms with E-state index in [2.05, 4.69) is 15.1 Å². The lowest BCUT2D eigenvalue weighted by atomic mass is 10.4. The Morgan fingerprint density at radius 3 is 3.00 bits per heavy atom. The fourth-order valence-electron chi connectivity index (χ4n) is 1.21. The van der Waals surface area contributed by atoms with Gasteiger partial charge in [-0.1, -0.05) is 0 Å². The number of nitrogens with two attached hydrogens (primary N) is 1. The van der Waals surface area contributed by atoms with Gasteiger partial charge in [-0.25, -0.2) is 9.97 Å². The van der Waals surface area contributed by atoms with Crippen molar-refractivity contribution in [2.75, 3.05) is 7.11 Å². The first-order valence-electron chi connectivity index (χ1n) is 4.45. The van der Waals surface area contributed by atoms with E-state index >= 15 is 0 Å². The van der Waals surface area contributed by atoms with Crippen LogP contribution in [0.1, 0.15) is 5.82 Å². The molecular formula is C9H11N5O. The summed E-state index contributed by atoms with van der Waals surface area (Å²) < 4.78 is 6.70. The molecule has 2 heterocycles. The maximum Gasteiger partial charge on any atom is 0.197 e. The first-order chi connectivity index (χ1) is 7.35. The summed E-state index contributed by atoms with van der Waals surface area (Å²) in [7, 11) is 1.58. The fourth-order valence-corrected chi connectivity index (χ4v) is 1.21. The molecule has 0 amide bonds. The summed E-state index contributed by atoms with van der Waals surface area (Å²) in [6, 6.07) is 3.61. The van der Waals surface area contributed by atoms with E-state index in [1.165, 1.54) is 0 Å². The van der Waals surface area contributed by atoms with E-state index < -0.39 is 0 Å². The smallest absolute Gasteiger partial charge is 0.197 e. The van der Waals surface area contributed by atoms with Gasteiger partial charge in [0.25, 0.3) is 0 Å². The highest BCUT2D eigenvalue weighted by atomic mass is 16.5. The first kappa shape index (κ1) is 9.60. The molecule has 0 aliphatic heterocycles. The Kier molecular flexibility index (Phi) is 2.59. The molecule has 0 fully saturated rings. The number of hydrogen-bond acceptors (Lipinski definition) is 5. The summed E-state index contributed by atoms with van der Waals surface area (Å²) in [5.41, 5.74) is 5.42. The van der Waals surface area contributed by atoms with E-state index in [0.29, 0.717) is 23.9 Å². The maximum atomic E-state index is 5.42. The second kappa shape index (κ2) is 4.05. The average Bonchev–Trinajstić information content (AvgIpc) is 2.77. The maximum absolute atomic E-state index is 5.42. The number of methoxy groups -OCH3 is 1. The summed E-state index contributed by atoms with van der Waals surface area (Å²) in [5.74, 6) is 1.82. The molecule has 0 saturated carbocycles. The summed E-state index contributed by atoms with van der Waals surface area (Å²) >= 11 is 0. The largest absolute Gasteiger partial charge is 0.493 e. The van der Waals surface area contributed by atoms with Crippen molar-refractivity contribution in [1.82, 2.24) is 19.7 Å². The van der Waals surface area contributed by atoms with Crippen LogP contribution in [0, 0.1) is 0 Å². The minimum Gasteiger partial charge on any atom is -0.493 e. The highest BCUT2D eigenvalue weighted by molar-refractivity contribution is 5.38. The lowest BCUT2D eigenvalue weighted by Gasteiger charge is -2.05. The van der Waals surface area contributed by atoms with Crippen LogP contribution in [-0.4, -0.2) is 26.9 Å². The Balaban J connectivity index is 2.44. The van der Waals surface area contributed by atoms with Crippen LogP contribution in [-0.2, 0) is 6.54 Å². The summed E-state index contributed by atoms with van der Waals surface area (Å²) in [6.07, 6.45) is 3.23. The number of rotatable bonds is 3. The highest BCUT2D eigenvalue weighted by Crippen LogP contribution is 2.17. The van der Waals surface area contributed by atoms with Crippen molar-refractivity contribution in [2.45, 2.75) is 6.54 Å². The van der Waals surface area contributed by atoms with E-state index in [0.717, 1.165) is 0 Å². The molecule has 0 unspecified atom stereocenters. The van der Waals surface area contributed by atoms with Crippen molar-refractivity contribution in [1.29, 1.82) is 0 Å². The van der Waals surface area contributed by atoms with Crippen molar-refractivity contribution in [3.8, 4) is 11.6 Å². The molecule has 2 aromatic rings. The lowest BCUT2D eigenvalue weighted by Crippen LogP contribution is -2.03. The van der Waals surface area contributed by atoms with Crippen LogP contribution in [0.3, 0.4) is 0 Å². The van der Waals surface area contributed by atoms with Crippen LogP contribution in [0.5, 0.6) is 5.75 Å². The molecule has 0 saturated heterocycles. The van der Waals surface area contributed by atoms with Gasteiger partial charge in [-0.2, -0.15) is 4.68 Å². The van der Waals surface area contributed by atoms with Gasteiger partial charge in [0.2, 0.25) is 0 Å². The quantitative estimate of drug-likeness (QED) is 0.770. The Morgan fingerprint density at radius 1 is 1.47 bits per heavy atom. The number of pyridine rings is 1. The highest BCUT2D eigenvalue weighted by Gasteiger charge is 2.07. The third-order valence-electron chi connectivity index (χ3n) is 1.91. The van der Waals surface area contributed by atoms with Crippen LogP contribution in [0.2, 0.25) is 0 Å². The Hall–Kier alpha value is -1.95. The van der Waals surface area contributed by atoms with Crippen LogP contribution < -0.4 is 10.5 Å². The fraction of sp³-hybridized carbons (Fsp3) is 0.222. The molecule has 0 atom stereocenters. The average molecular weight is 205 g/mol. The molecule has 0 aliphatic carbocycles. The van der Waals surface area contributed by atoms with Crippen molar-refractivity contribution >= 4 is 0 Å². The number of aromatic nitrogens is 4. The monoisotopic (exact) mass is 205 g/mol. The van der Waals surface area contributed by atoms with E-state index in [-0.39, 0.29) is 0 Å². The number of ether oxygens (including phenoxy) is 1. The van der Waals surface area contributed by atoms with Crippen molar-refractivity contribution in [2.24, 2.45) is 5.73 Å². The molecule has 0 spiro atoms. The zero-order valence-electron chi connectivity index (χ0n) is 8.29. The SMILES string of the molecule is COc1cccnc1-n1cnc(CN)n1. The molecule has 6 heteroatoms. The molecule has 15 heavy (non-hydrogen) atoms. The zero-order chi connectivity index (χ0) is 10.7. The van der Waals surface area contributed by atoms with Gasteiger partial charge in [0.1, 0.15) is 6.33 Å².